The number of imidazole rings is 1. The number of carbonyl (C=O) groups excluding carboxylic acids is 1. The highest BCUT2D eigenvalue weighted by Gasteiger charge is 2.35. The van der Waals surface area contributed by atoms with Crippen molar-refractivity contribution in [1.82, 2.24) is 19.4 Å². The monoisotopic (exact) mass is 694 g/mol. The summed E-state index contributed by atoms with van der Waals surface area (Å²) in [6.07, 6.45) is -0.307. The van der Waals surface area contributed by atoms with E-state index >= 15 is 0 Å². The number of aliphatic hydroxyl groups excluding tert-OH is 1. The van der Waals surface area contributed by atoms with Crippen molar-refractivity contribution in [2.75, 3.05) is 37.3 Å². The number of allylic oxidation sites excluding steroid dienone is 1. The molecular formula is C37H42ClF3N6O2. The van der Waals surface area contributed by atoms with Gasteiger partial charge in [-0.2, -0.15) is 13.2 Å². The highest BCUT2D eigenvalue weighted by Crippen LogP contribution is 2.40. The normalized spacial score (nSPS) is 16.4. The number of nitrogens with two attached hydrogens (primary N) is 1. The topological polar surface area (TPSA) is 99.6 Å². The summed E-state index contributed by atoms with van der Waals surface area (Å²) in [7, 11) is 0. The maximum absolute atomic E-state index is 14.0. The zero-order chi connectivity index (χ0) is 34.7. The third-order valence-electron chi connectivity index (χ3n) is 9.79. The Morgan fingerprint density at radius 2 is 1.82 bits per heavy atom. The first-order valence-electron chi connectivity index (χ1n) is 16.8. The number of alkyl halides is 3. The first kappa shape index (κ1) is 34.6. The molecule has 1 fully saturated rings. The number of nitrogens with one attached hydrogen (secondary N) is 1. The molecule has 1 atom stereocenters. The van der Waals surface area contributed by atoms with Crippen LogP contribution in [0.5, 0.6) is 0 Å². The number of hydrogen-bond acceptors (Lipinski definition) is 5. The molecule has 1 aromatic heterocycles. The van der Waals surface area contributed by atoms with Gasteiger partial charge in [0.2, 0.25) is 0 Å². The largest absolute Gasteiger partial charge is 0.418 e. The van der Waals surface area contributed by atoms with Crippen LogP contribution in [-0.4, -0.2) is 62.8 Å². The maximum Gasteiger partial charge on any atom is 0.418 e. The predicted octanol–water partition coefficient (Wildman–Crippen LogP) is 7.85. The minimum atomic E-state index is -4.66. The number of amides is 2. The van der Waals surface area contributed by atoms with Crippen LogP contribution in [0.3, 0.4) is 0 Å². The van der Waals surface area contributed by atoms with E-state index in [9.17, 15) is 23.1 Å². The number of fused-ring (bicyclic) bond motifs is 2. The Labute approximate surface area is 289 Å². The second-order valence-corrected chi connectivity index (χ2v) is 13.4. The van der Waals surface area contributed by atoms with Gasteiger partial charge in [-0.05, 0) is 86.4 Å². The van der Waals surface area contributed by atoms with Crippen molar-refractivity contribution in [3.8, 4) is 0 Å². The molecule has 3 aromatic carbocycles. The van der Waals surface area contributed by atoms with Gasteiger partial charge in [-0.25, -0.2) is 9.78 Å². The van der Waals surface area contributed by atoms with E-state index in [4.69, 9.17) is 22.3 Å². The molecule has 49 heavy (non-hydrogen) atoms. The molecule has 8 nitrogen and oxygen atoms in total. The molecule has 4 N–H and O–H groups in total. The number of rotatable bonds is 11. The fraction of sp³-hybridized carbons (Fsp3) is 0.405. The minimum Gasteiger partial charge on any atom is -0.397 e. The summed E-state index contributed by atoms with van der Waals surface area (Å²) in [4.78, 5) is 22.4. The lowest BCUT2D eigenvalue weighted by atomic mass is 9.91. The van der Waals surface area contributed by atoms with Crippen molar-refractivity contribution in [3.05, 3.63) is 100 Å². The van der Waals surface area contributed by atoms with Crippen LogP contribution >= 0.6 is 11.6 Å². The molecule has 4 aromatic rings. The predicted molar refractivity (Wildman–Crippen MR) is 188 cm³/mol. The molecule has 1 saturated heterocycles. The summed E-state index contributed by atoms with van der Waals surface area (Å²) < 4.78 is 44.0. The molecule has 0 spiro atoms. The number of halogens is 4. The number of nitrogens with zero attached hydrogens (tertiary/aromatic N) is 4. The van der Waals surface area contributed by atoms with Gasteiger partial charge in [-0.1, -0.05) is 48.5 Å². The van der Waals surface area contributed by atoms with E-state index in [0.717, 1.165) is 59.1 Å². The van der Waals surface area contributed by atoms with Crippen LogP contribution in [0.2, 0.25) is 5.02 Å². The Kier molecular flexibility index (Phi) is 10.4. The first-order chi connectivity index (χ1) is 23.5. The van der Waals surface area contributed by atoms with E-state index in [1.165, 1.54) is 6.07 Å². The number of aryl methyl sites for hydroxylation is 1. The molecule has 0 saturated carbocycles. The molecule has 3 heterocycles. The van der Waals surface area contributed by atoms with Gasteiger partial charge in [-0.15, -0.1) is 0 Å². The quantitative estimate of drug-likeness (QED) is 0.110. The van der Waals surface area contributed by atoms with Crippen molar-refractivity contribution in [1.29, 1.82) is 0 Å². The van der Waals surface area contributed by atoms with Gasteiger partial charge in [0.1, 0.15) is 5.82 Å². The highest BCUT2D eigenvalue weighted by molar-refractivity contribution is 6.33. The number of hydrogen-bond donors (Lipinski definition) is 3. The summed E-state index contributed by atoms with van der Waals surface area (Å²) >= 11 is 6.26. The summed E-state index contributed by atoms with van der Waals surface area (Å²) in [6.45, 7) is 7.17. The molecule has 6 rings (SSSR count). The third-order valence-corrected chi connectivity index (χ3v) is 10.1. The molecule has 0 aliphatic carbocycles. The summed E-state index contributed by atoms with van der Waals surface area (Å²) in [5, 5.41) is 12.4. The number of para-hydroxylation sites is 3. The Morgan fingerprint density at radius 1 is 1.08 bits per heavy atom. The number of unbranched alkanes of at least 4 members (excludes halogenated alkanes) is 1. The molecule has 0 bridgehead atoms. The molecular weight excluding hydrogens is 653 g/mol. The van der Waals surface area contributed by atoms with Crippen molar-refractivity contribution >= 4 is 40.0 Å². The van der Waals surface area contributed by atoms with Gasteiger partial charge in [0, 0.05) is 56.1 Å². The van der Waals surface area contributed by atoms with E-state index in [0.29, 0.717) is 51.0 Å². The van der Waals surface area contributed by atoms with Crippen LogP contribution in [0.25, 0.3) is 11.0 Å². The number of aliphatic hydroxyl groups is 1. The van der Waals surface area contributed by atoms with E-state index in [-0.39, 0.29) is 36.0 Å². The van der Waals surface area contributed by atoms with Crippen molar-refractivity contribution in [2.45, 2.75) is 69.6 Å². The van der Waals surface area contributed by atoms with Crippen molar-refractivity contribution in [3.63, 3.8) is 0 Å². The molecule has 1 unspecified atom stereocenters. The van der Waals surface area contributed by atoms with Gasteiger partial charge < -0.3 is 30.5 Å². The second kappa shape index (κ2) is 14.7. The lowest BCUT2D eigenvalue weighted by Gasteiger charge is -2.40. The Morgan fingerprint density at radius 3 is 2.57 bits per heavy atom. The van der Waals surface area contributed by atoms with E-state index in [1.54, 1.807) is 0 Å². The van der Waals surface area contributed by atoms with E-state index < -0.39 is 17.4 Å². The molecule has 2 aliphatic rings. The fourth-order valence-electron chi connectivity index (χ4n) is 7.23. The number of benzene rings is 3. The average molecular weight is 695 g/mol. The van der Waals surface area contributed by atoms with Gasteiger partial charge >= 0.3 is 12.2 Å². The van der Waals surface area contributed by atoms with Crippen molar-refractivity contribution in [2.24, 2.45) is 0 Å². The lowest BCUT2D eigenvalue weighted by molar-refractivity contribution is -0.136. The van der Waals surface area contributed by atoms with Gasteiger partial charge in [0.25, 0.3) is 0 Å². The number of anilines is 2. The van der Waals surface area contributed by atoms with E-state index in [1.807, 2.05) is 53.4 Å². The number of carbonyl (C=O) groups is 1. The molecule has 0 radical (unpaired) electrons. The Balaban J connectivity index is 1.24. The van der Waals surface area contributed by atoms with Crippen LogP contribution in [0, 0.1) is 0 Å². The maximum atomic E-state index is 14.0. The number of nitrogen functional groups attached to an aromatic ring is 1. The lowest BCUT2D eigenvalue weighted by Crippen LogP contribution is -2.48. The summed E-state index contributed by atoms with van der Waals surface area (Å²) in [5.41, 5.74) is 9.31. The second-order valence-electron chi connectivity index (χ2n) is 13.0. The third kappa shape index (κ3) is 7.68. The molecule has 260 valence electrons. The zero-order valence-corrected chi connectivity index (χ0v) is 28.1. The van der Waals surface area contributed by atoms with Crippen LogP contribution in [0.1, 0.15) is 60.5 Å². The van der Waals surface area contributed by atoms with Gasteiger partial charge in [0.15, 0.2) is 0 Å². The number of likely N-dealkylation sites (tertiary alicyclic amines) is 1. The summed E-state index contributed by atoms with van der Waals surface area (Å²) in [5.74, 6) is 0.417. The van der Waals surface area contributed by atoms with Crippen molar-refractivity contribution < 1.29 is 23.1 Å². The first-order valence-corrected chi connectivity index (χ1v) is 17.2. The fourth-order valence-corrected chi connectivity index (χ4v) is 7.48. The smallest absolute Gasteiger partial charge is 0.397 e. The number of urea groups is 1. The van der Waals surface area contributed by atoms with Crippen LogP contribution in [0.15, 0.2) is 72.9 Å². The Bertz CT molecular complexity index is 1820. The van der Waals surface area contributed by atoms with Gasteiger partial charge in [-0.3, -0.25) is 0 Å². The highest BCUT2D eigenvalue weighted by atomic mass is 35.5. The standard InChI is InChI=1S/C37H42ClF3N6O2/c1-24(45-16-13-28(14-17-45)46-18-12-26-8-2-3-9-31(26)44-36(46)49)20-27(21-25-22-29(37(39,40)41)34(42)30(38)23-25)35-43-32-10-4-5-11-33(32)47(35)15-6-7-19-48/h2-5,8-11,22-23,27-28,48H,1,6-7,12-21,42H2,(H,44,49). The van der Waals surface area contributed by atoms with Gasteiger partial charge in [0.05, 0.1) is 27.3 Å². The summed E-state index contributed by atoms with van der Waals surface area (Å²) in [6, 6.07) is 18.3. The Hall–Kier alpha value is -4.22. The SMILES string of the molecule is C=C(CC(Cc1cc(Cl)c(N)c(C(F)(F)F)c1)c1nc2ccccc2n1CCCCO)N1CCC(N2CCc3ccccc3NC2=O)CC1. The van der Waals surface area contributed by atoms with Crippen LogP contribution < -0.4 is 11.1 Å². The molecule has 12 heteroatoms. The molecule has 2 aliphatic heterocycles. The van der Waals surface area contributed by atoms with Crippen LogP contribution in [0.4, 0.5) is 29.3 Å². The van der Waals surface area contributed by atoms with E-state index in [2.05, 4.69) is 21.4 Å². The average Bonchev–Trinajstić information content (AvgIpc) is 3.35. The zero-order valence-electron chi connectivity index (χ0n) is 27.4. The van der Waals surface area contributed by atoms with Crippen LogP contribution in [-0.2, 0) is 25.6 Å². The number of aromatic nitrogens is 2. The minimum absolute atomic E-state index is 0.0638. The molecule has 2 amide bonds. The number of piperidine rings is 1.